The maximum Gasteiger partial charge on any atom is 0.253 e. The average Bonchev–Trinajstić information content (AvgIpc) is 2.86. The largest absolute Gasteiger partial charge is 0.492 e. The lowest BCUT2D eigenvalue weighted by molar-refractivity contribution is -0.134. The van der Waals surface area contributed by atoms with Crippen molar-refractivity contribution in [3.8, 4) is 5.88 Å². The molecule has 4 rings (SSSR count). The number of para-hydroxylation sites is 2. The first kappa shape index (κ1) is 23.1. The number of aromatic nitrogens is 2. The minimum atomic E-state index is -0.281. The number of carbonyl (C=O) groups is 3. The van der Waals surface area contributed by atoms with E-state index in [9.17, 15) is 19.5 Å². The van der Waals surface area contributed by atoms with Crippen molar-refractivity contribution < 1.29 is 19.5 Å². The predicted octanol–water partition coefficient (Wildman–Crippen LogP) is 3.17. The Morgan fingerprint density at radius 1 is 0.941 bits per heavy atom. The van der Waals surface area contributed by atoms with Crippen LogP contribution in [0.1, 0.15) is 39.3 Å². The molecule has 2 aromatic carbocycles. The lowest BCUT2D eigenvalue weighted by Crippen LogP contribution is -2.42. The summed E-state index contributed by atoms with van der Waals surface area (Å²) in [5, 5.41) is 10.1. The van der Waals surface area contributed by atoms with Gasteiger partial charge in [-0.15, -0.1) is 0 Å². The van der Waals surface area contributed by atoms with Gasteiger partial charge in [0.1, 0.15) is 5.69 Å². The SMILES string of the molecule is CN(C)C(=O)C1CCN(C(=O)c2ccc(C(=O)C=Cc3nc4ccccc4nc3O)cc2)CC1. The number of hydrogen-bond donors (Lipinski definition) is 1. The smallest absolute Gasteiger partial charge is 0.253 e. The van der Waals surface area contributed by atoms with E-state index in [0.29, 0.717) is 48.1 Å². The van der Waals surface area contributed by atoms with Crippen LogP contribution in [0.4, 0.5) is 0 Å². The quantitative estimate of drug-likeness (QED) is 0.465. The standard InChI is InChI=1S/C26H26N4O4/c1-29(2)25(33)19-13-15-30(16-14-19)26(34)18-9-7-17(8-10-18)23(31)12-11-22-24(32)28-21-6-4-3-5-20(21)27-22/h3-12,19H,13-16H2,1-2H3,(H,28,32). The van der Waals surface area contributed by atoms with Crippen molar-refractivity contribution in [3.63, 3.8) is 0 Å². The predicted molar refractivity (Wildman–Crippen MR) is 128 cm³/mol. The number of ketones is 1. The van der Waals surface area contributed by atoms with Crippen LogP contribution in [0.3, 0.4) is 0 Å². The van der Waals surface area contributed by atoms with Gasteiger partial charge in [0, 0.05) is 44.2 Å². The van der Waals surface area contributed by atoms with Crippen LogP contribution in [0.15, 0.2) is 54.6 Å². The summed E-state index contributed by atoms with van der Waals surface area (Å²) in [6, 6.07) is 13.6. The minimum absolute atomic E-state index is 0.0439. The number of hydrogen-bond acceptors (Lipinski definition) is 6. The van der Waals surface area contributed by atoms with E-state index < -0.39 is 0 Å². The third-order valence-electron chi connectivity index (χ3n) is 5.96. The fraction of sp³-hybridized carbons (Fsp3) is 0.269. The van der Waals surface area contributed by atoms with Gasteiger partial charge >= 0.3 is 0 Å². The van der Waals surface area contributed by atoms with E-state index in [0.717, 1.165) is 0 Å². The molecule has 34 heavy (non-hydrogen) atoms. The molecule has 1 aliphatic heterocycles. The van der Waals surface area contributed by atoms with Crippen LogP contribution in [-0.2, 0) is 4.79 Å². The van der Waals surface area contributed by atoms with Gasteiger partial charge in [0.2, 0.25) is 11.8 Å². The van der Waals surface area contributed by atoms with E-state index in [1.165, 1.54) is 12.2 Å². The normalized spacial score (nSPS) is 14.5. The van der Waals surface area contributed by atoms with Gasteiger partial charge in [-0.3, -0.25) is 14.4 Å². The molecule has 0 spiro atoms. The molecule has 2 heterocycles. The highest BCUT2D eigenvalue weighted by atomic mass is 16.3. The van der Waals surface area contributed by atoms with E-state index in [4.69, 9.17) is 0 Å². The summed E-state index contributed by atoms with van der Waals surface area (Å²) in [5.74, 6) is -0.582. The van der Waals surface area contributed by atoms with Crippen molar-refractivity contribution in [3.05, 3.63) is 71.4 Å². The molecule has 0 atom stereocenters. The van der Waals surface area contributed by atoms with Crippen molar-refractivity contribution in [1.82, 2.24) is 19.8 Å². The number of aromatic hydroxyl groups is 1. The lowest BCUT2D eigenvalue weighted by Gasteiger charge is -2.32. The number of nitrogens with zero attached hydrogens (tertiary/aromatic N) is 4. The molecule has 174 valence electrons. The molecule has 3 aromatic rings. The van der Waals surface area contributed by atoms with E-state index in [1.54, 1.807) is 66.4 Å². The molecule has 2 amide bonds. The maximum atomic E-state index is 12.8. The molecule has 1 aliphatic rings. The van der Waals surface area contributed by atoms with Crippen LogP contribution in [0, 0.1) is 5.92 Å². The topological polar surface area (TPSA) is 104 Å². The molecule has 1 fully saturated rings. The Bertz CT molecular complexity index is 1260. The molecule has 8 heteroatoms. The fourth-order valence-electron chi connectivity index (χ4n) is 4.02. The summed E-state index contributed by atoms with van der Waals surface area (Å²) in [7, 11) is 3.49. The zero-order valence-corrected chi connectivity index (χ0v) is 19.1. The van der Waals surface area contributed by atoms with Crippen LogP contribution in [0.2, 0.25) is 0 Å². The molecule has 0 unspecified atom stereocenters. The first-order valence-corrected chi connectivity index (χ1v) is 11.1. The average molecular weight is 459 g/mol. The Kier molecular flexibility index (Phi) is 6.67. The molecule has 8 nitrogen and oxygen atoms in total. The van der Waals surface area contributed by atoms with Gasteiger partial charge in [-0.2, -0.15) is 0 Å². The Morgan fingerprint density at radius 2 is 1.53 bits per heavy atom. The summed E-state index contributed by atoms with van der Waals surface area (Å²) in [6.07, 6.45) is 4.04. The second-order valence-electron chi connectivity index (χ2n) is 8.50. The van der Waals surface area contributed by atoms with E-state index >= 15 is 0 Å². The molecule has 0 aliphatic carbocycles. The minimum Gasteiger partial charge on any atom is -0.492 e. The second kappa shape index (κ2) is 9.82. The molecule has 0 saturated carbocycles. The number of likely N-dealkylation sites (tertiary alicyclic amines) is 1. The van der Waals surface area contributed by atoms with E-state index in [-0.39, 0.29) is 35.1 Å². The molecular weight excluding hydrogens is 432 g/mol. The Hall–Kier alpha value is -4.07. The third-order valence-corrected chi connectivity index (χ3v) is 5.96. The molecule has 0 bridgehead atoms. The van der Waals surface area contributed by atoms with Crippen molar-refractivity contribution in [2.45, 2.75) is 12.8 Å². The third kappa shape index (κ3) is 4.96. The summed E-state index contributed by atoms with van der Waals surface area (Å²) >= 11 is 0. The molecular formula is C26H26N4O4. The first-order chi connectivity index (χ1) is 16.3. The highest BCUT2D eigenvalue weighted by molar-refractivity contribution is 6.07. The summed E-state index contributed by atoms with van der Waals surface area (Å²) in [6.45, 7) is 1.06. The number of benzene rings is 2. The number of piperidine rings is 1. The van der Waals surface area contributed by atoms with Crippen LogP contribution in [0.5, 0.6) is 5.88 Å². The summed E-state index contributed by atoms with van der Waals surface area (Å²) in [4.78, 5) is 49.3. The van der Waals surface area contributed by atoms with Crippen LogP contribution >= 0.6 is 0 Å². The molecule has 0 radical (unpaired) electrons. The Morgan fingerprint density at radius 3 is 2.15 bits per heavy atom. The van der Waals surface area contributed by atoms with Gasteiger partial charge in [-0.25, -0.2) is 9.97 Å². The number of amides is 2. The summed E-state index contributed by atoms with van der Waals surface area (Å²) < 4.78 is 0. The van der Waals surface area contributed by atoms with Gasteiger partial charge in [0.15, 0.2) is 5.78 Å². The fourth-order valence-corrected chi connectivity index (χ4v) is 4.02. The van der Waals surface area contributed by atoms with Crippen molar-refractivity contribution >= 4 is 34.7 Å². The monoisotopic (exact) mass is 458 g/mol. The van der Waals surface area contributed by atoms with Gasteiger partial charge in [-0.1, -0.05) is 24.3 Å². The van der Waals surface area contributed by atoms with Crippen LogP contribution in [0.25, 0.3) is 17.1 Å². The van der Waals surface area contributed by atoms with Crippen molar-refractivity contribution in [1.29, 1.82) is 0 Å². The number of rotatable bonds is 5. The Labute approximate surface area is 197 Å². The van der Waals surface area contributed by atoms with Crippen molar-refractivity contribution in [2.24, 2.45) is 5.92 Å². The summed E-state index contributed by atoms with van der Waals surface area (Å²) in [5.41, 5.74) is 2.30. The van der Waals surface area contributed by atoms with E-state index in [2.05, 4.69) is 9.97 Å². The number of allylic oxidation sites excluding steroid dienone is 1. The van der Waals surface area contributed by atoms with Gasteiger partial charge in [0.05, 0.1) is 11.0 Å². The second-order valence-corrected chi connectivity index (χ2v) is 8.50. The highest BCUT2D eigenvalue weighted by Crippen LogP contribution is 2.21. The lowest BCUT2D eigenvalue weighted by atomic mass is 9.95. The maximum absolute atomic E-state index is 12.8. The van der Waals surface area contributed by atoms with Crippen LogP contribution < -0.4 is 0 Å². The highest BCUT2D eigenvalue weighted by Gasteiger charge is 2.28. The Balaban J connectivity index is 1.40. The van der Waals surface area contributed by atoms with Crippen molar-refractivity contribution in [2.75, 3.05) is 27.2 Å². The van der Waals surface area contributed by atoms with Gasteiger partial charge in [0.25, 0.3) is 5.91 Å². The zero-order valence-electron chi connectivity index (χ0n) is 19.1. The van der Waals surface area contributed by atoms with Gasteiger partial charge in [-0.05, 0) is 49.3 Å². The molecule has 1 N–H and O–H groups in total. The molecule has 1 saturated heterocycles. The van der Waals surface area contributed by atoms with Gasteiger partial charge < -0.3 is 14.9 Å². The zero-order chi connectivity index (χ0) is 24.2. The van der Waals surface area contributed by atoms with Crippen LogP contribution in [-0.4, -0.2) is 69.7 Å². The number of carbonyl (C=O) groups excluding carboxylic acids is 3. The number of fused-ring (bicyclic) bond motifs is 1. The van der Waals surface area contributed by atoms with E-state index in [1.807, 2.05) is 6.07 Å². The molecule has 1 aromatic heterocycles. The first-order valence-electron chi connectivity index (χ1n) is 11.1.